The first-order valence-corrected chi connectivity index (χ1v) is 7.96. The predicted octanol–water partition coefficient (Wildman–Crippen LogP) is 3.27. The molecule has 0 bridgehead atoms. The lowest BCUT2D eigenvalue weighted by molar-refractivity contribution is 0.237. The van der Waals surface area contributed by atoms with Crippen molar-refractivity contribution in [2.24, 2.45) is 0 Å². The average Bonchev–Trinajstić information content (AvgIpc) is 2.66. The van der Waals surface area contributed by atoms with Gasteiger partial charge in [-0.25, -0.2) is 4.79 Å². The van der Waals surface area contributed by atoms with E-state index < -0.39 is 0 Å². The van der Waals surface area contributed by atoms with E-state index >= 15 is 0 Å². The van der Waals surface area contributed by atoms with Crippen LogP contribution in [0, 0.1) is 0 Å². The third kappa shape index (κ3) is 5.04. The van der Waals surface area contributed by atoms with E-state index in [1.807, 2.05) is 49.4 Å². The van der Waals surface area contributed by atoms with Crippen molar-refractivity contribution in [3.63, 3.8) is 0 Å². The molecular formula is C19H24N2O4. The van der Waals surface area contributed by atoms with Gasteiger partial charge in [0.25, 0.3) is 0 Å². The van der Waals surface area contributed by atoms with Crippen molar-refractivity contribution < 1.29 is 19.0 Å². The maximum absolute atomic E-state index is 12.1. The lowest BCUT2D eigenvalue weighted by Gasteiger charge is -2.17. The summed E-state index contributed by atoms with van der Waals surface area (Å²) in [5.74, 6) is 2.07. The average molecular weight is 344 g/mol. The number of hydrogen-bond donors (Lipinski definition) is 2. The van der Waals surface area contributed by atoms with Crippen molar-refractivity contribution in [2.45, 2.75) is 19.5 Å². The first kappa shape index (κ1) is 18.4. The molecule has 0 aromatic heterocycles. The van der Waals surface area contributed by atoms with Gasteiger partial charge in [-0.2, -0.15) is 0 Å². The zero-order valence-electron chi connectivity index (χ0n) is 15.0. The number of ether oxygens (including phenoxy) is 3. The standard InChI is InChI=1S/C19H24N2O4/c1-13(15-7-10-17(24-3)18(11-15)25-4)21-19(22)20-12-14-5-8-16(23-2)9-6-14/h5-11,13H,12H2,1-4H3,(H2,20,21,22). The van der Waals surface area contributed by atoms with E-state index in [2.05, 4.69) is 10.6 Å². The van der Waals surface area contributed by atoms with Crippen molar-refractivity contribution in [3.05, 3.63) is 53.6 Å². The molecule has 2 rings (SSSR count). The van der Waals surface area contributed by atoms with Gasteiger partial charge in [-0.3, -0.25) is 0 Å². The second kappa shape index (κ2) is 8.82. The number of carbonyl (C=O) groups is 1. The minimum absolute atomic E-state index is 0.171. The van der Waals surface area contributed by atoms with E-state index in [1.165, 1.54) is 0 Å². The Labute approximate surface area is 148 Å². The molecule has 0 spiro atoms. The van der Waals surface area contributed by atoms with E-state index in [9.17, 15) is 4.79 Å². The molecule has 1 atom stereocenters. The molecule has 25 heavy (non-hydrogen) atoms. The molecule has 0 heterocycles. The van der Waals surface area contributed by atoms with Gasteiger partial charge in [0.05, 0.1) is 27.4 Å². The van der Waals surface area contributed by atoms with E-state index in [4.69, 9.17) is 14.2 Å². The van der Waals surface area contributed by atoms with Crippen molar-refractivity contribution in [3.8, 4) is 17.2 Å². The molecule has 2 aromatic carbocycles. The highest BCUT2D eigenvalue weighted by Crippen LogP contribution is 2.29. The lowest BCUT2D eigenvalue weighted by atomic mass is 10.1. The number of urea groups is 1. The summed E-state index contributed by atoms with van der Waals surface area (Å²) < 4.78 is 15.6. The quantitative estimate of drug-likeness (QED) is 0.809. The Morgan fingerprint density at radius 2 is 1.64 bits per heavy atom. The molecule has 0 aliphatic rings. The van der Waals surface area contributed by atoms with Gasteiger partial charge in [-0.05, 0) is 42.3 Å². The Morgan fingerprint density at radius 3 is 2.24 bits per heavy atom. The van der Waals surface area contributed by atoms with Crippen molar-refractivity contribution in [1.29, 1.82) is 0 Å². The number of amides is 2. The monoisotopic (exact) mass is 344 g/mol. The Balaban J connectivity index is 1.90. The van der Waals surface area contributed by atoms with Gasteiger partial charge in [0.15, 0.2) is 11.5 Å². The number of benzene rings is 2. The Kier molecular flexibility index (Phi) is 6.51. The van der Waals surface area contributed by atoms with Crippen LogP contribution < -0.4 is 24.8 Å². The molecule has 0 radical (unpaired) electrons. The number of carbonyl (C=O) groups excluding carboxylic acids is 1. The van der Waals surface area contributed by atoms with Crippen LogP contribution in [0.4, 0.5) is 4.79 Å². The van der Waals surface area contributed by atoms with Crippen LogP contribution in [-0.2, 0) is 6.54 Å². The second-order valence-electron chi connectivity index (χ2n) is 5.51. The SMILES string of the molecule is COc1ccc(CNC(=O)NC(C)c2ccc(OC)c(OC)c2)cc1. The van der Waals surface area contributed by atoms with Gasteiger partial charge in [0, 0.05) is 6.54 Å². The number of hydrogen-bond acceptors (Lipinski definition) is 4. The maximum Gasteiger partial charge on any atom is 0.315 e. The molecule has 2 amide bonds. The van der Waals surface area contributed by atoms with E-state index in [0.717, 1.165) is 16.9 Å². The van der Waals surface area contributed by atoms with Gasteiger partial charge in [0.2, 0.25) is 0 Å². The van der Waals surface area contributed by atoms with Crippen LogP contribution >= 0.6 is 0 Å². The fraction of sp³-hybridized carbons (Fsp3) is 0.316. The molecule has 2 aromatic rings. The molecular weight excluding hydrogens is 320 g/mol. The predicted molar refractivity (Wildman–Crippen MR) is 96.3 cm³/mol. The van der Waals surface area contributed by atoms with E-state index in [-0.39, 0.29) is 12.1 Å². The summed E-state index contributed by atoms with van der Waals surface area (Å²) in [6.45, 7) is 2.35. The molecule has 0 aliphatic heterocycles. The minimum atomic E-state index is -0.238. The smallest absolute Gasteiger partial charge is 0.315 e. The topological polar surface area (TPSA) is 68.8 Å². The molecule has 6 heteroatoms. The summed E-state index contributed by atoms with van der Waals surface area (Å²) in [5, 5.41) is 5.75. The van der Waals surface area contributed by atoms with Gasteiger partial charge in [-0.15, -0.1) is 0 Å². The van der Waals surface area contributed by atoms with Crippen LogP contribution in [0.3, 0.4) is 0 Å². The highest BCUT2D eigenvalue weighted by atomic mass is 16.5. The van der Waals surface area contributed by atoms with Gasteiger partial charge in [0.1, 0.15) is 5.75 Å². The van der Waals surface area contributed by atoms with Crippen molar-refractivity contribution in [2.75, 3.05) is 21.3 Å². The number of methoxy groups -OCH3 is 3. The molecule has 0 fully saturated rings. The summed E-state index contributed by atoms with van der Waals surface area (Å²) in [4.78, 5) is 12.1. The summed E-state index contributed by atoms with van der Waals surface area (Å²) >= 11 is 0. The molecule has 1 unspecified atom stereocenters. The number of nitrogens with one attached hydrogen (secondary N) is 2. The maximum atomic E-state index is 12.1. The van der Waals surface area contributed by atoms with Crippen LogP contribution in [0.1, 0.15) is 24.1 Å². The first-order chi connectivity index (χ1) is 12.1. The zero-order valence-corrected chi connectivity index (χ0v) is 15.0. The largest absolute Gasteiger partial charge is 0.497 e. The summed E-state index contributed by atoms with van der Waals surface area (Å²) in [5.41, 5.74) is 1.92. The molecule has 2 N–H and O–H groups in total. The fourth-order valence-corrected chi connectivity index (χ4v) is 2.38. The van der Waals surface area contributed by atoms with E-state index in [1.54, 1.807) is 21.3 Å². The molecule has 0 saturated carbocycles. The lowest BCUT2D eigenvalue weighted by Crippen LogP contribution is -2.36. The Morgan fingerprint density at radius 1 is 0.960 bits per heavy atom. The number of rotatable bonds is 7. The summed E-state index contributed by atoms with van der Waals surface area (Å²) in [6, 6.07) is 12.7. The van der Waals surface area contributed by atoms with Gasteiger partial charge < -0.3 is 24.8 Å². The van der Waals surface area contributed by atoms with Gasteiger partial charge >= 0.3 is 6.03 Å². The molecule has 6 nitrogen and oxygen atoms in total. The second-order valence-corrected chi connectivity index (χ2v) is 5.51. The Bertz CT molecular complexity index is 701. The normalized spacial score (nSPS) is 11.4. The van der Waals surface area contributed by atoms with Crippen LogP contribution in [-0.4, -0.2) is 27.4 Å². The summed E-state index contributed by atoms with van der Waals surface area (Å²) in [6.07, 6.45) is 0. The van der Waals surface area contributed by atoms with Crippen molar-refractivity contribution in [1.82, 2.24) is 10.6 Å². The molecule has 134 valence electrons. The summed E-state index contributed by atoms with van der Waals surface area (Å²) in [7, 11) is 4.80. The molecule has 0 saturated heterocycles. The van der Waals surface area contributed by atoms with Crippen LogP contribution in [0.25, 0.3) is 0 Å². The first-order valence-electron chi connectivity index (χ1n) is 7.96. The highest BCUT2D eigenvalue weighted by molar-refractivity contribution is 5.74. The minimum Gasteiger partial charge on any atom is -0.497 e. The highest BCUT2D eigenvalue weighted by Gasteiger charge is 2.12. The molecule has 0 aliphatic carbocycles. The third-order valence-electron chi connectivity index (χ3n) is 3.87. The van der Waals surface area contributed by atoms with Gasteiger partial charge in [-0.1, -0.05) is 18.2 Å². The fourth-order valence-electron chi connectivity index (χ4n) is 2.38. The third-order valence-corrected chi connectivity index (χ3v) is 3.87. The zero-order chi connectivity index (χ0) is 18.2. The van der Waals surface area contributed by atoms with Crippen molar-refractivity contribution >= 4 is 6.03 Å². The van der Waals surface area contributed by atoms with E-state index in [0.29, 0.717) is 18.0 Å². The van der Waals surface area contributed by atoms with Crippen LogP contribution in [0.2, 0.25) is 0 Å². The van der Waals surface area contributed by atoms with Crippen LogP contribution in [0.15, 0.2) is 42.5 Å². The van der Waals surface area contributed by atoms with Crippen LogP contribution in [0.5, 0.6) is 17.2 Å². The Hall–Kier alpha value is -2.89.